The van der Waals surface area contributed by atoms with Gasteiger partial charge in [0.05, 0.1) is 5.92 Å². The SMILES string of the molecule is Cc1ccc(Sc2ccc(N3CCC[C@@H](C(=O)Nc4ccc(F)cc4)C3)nn2)cc1. The van der Waals surface area contributed by atoms with E-state index in [1.165, 1.54) is 17.7 Å². The van der Waals surface area contributed by atoms with Crippen LogP contribution in [-0.4, -0.2) is 29.2 Å². The van der Waals surface area contributed by atoms with E-state index in [0.29, 0.717) is 12.2 Å². The number of benzene rings is 2. The van der Waals surface area contributed by atoms with Crippen LogP contribution >= 0.6 is 11.8 Å². The van der Waals surface area contributed by atoms with Crippen molar-refractivity contribution in [3.63, 3.8) is 0 Å². The molecular formula is C23H23FN4OS. The van der Waals surface area contributed by atoms with Gasteiger partial charge in [-0.2, -0.15) is 0 Å². The summed E-state index contributed by atoms with van der Waals surface area (Å²) in [6.07, 6.45) is 1.72. The Hall–Kier alpha value is -2.93. The average molecular weight is 423 g/mol. The van der Waals surface area contributed by atoms with Gasteiger partial charge in [0, 0.05) is 23.7 Å². The number of hydrogen-bond donors (Lipinski definition) is 1. The highest BCUT2D eigenvalue weighted by atomic mass is 32.2. The Morgan fingerprint density at radius 1 is 1.07 bits per heavy atom. The quantitative estimate of drug-likeness (QED) is 0.632. The first-order chi connectivity index (χ1) is 14.6. The van der Waals surface area contributed by atoms with E-state index >= 15 is 0 Å². The van der Waals surface area contributed by atoms with Crippen LogP contribution < -0.4 is 10.2 Å². The summed E-state index contributed by atoms with van der Waals surface area (Å²) in [4.78, 5) is 15.9. The number of nitrogens with one attached hydrogen (secondary N) is 1. The lowest BCUT2D eigenvalue weighted by Gasteiger charge is -2.32. The summed E-state index contributed by atoms with van der Waals surface area (Å²) < 4.78 is 13.1. The first-order valence-corrected chi connectivity index (χ1v) is 10.8. The molecule has 0 spiro atoms. The number of rotatable bonds is 5. The van der Waals surface area contributed by atoms with Crippen LogP contribution in [0.4, 0.5) is 15.9 Å². The van der Waals surface area contributed by atoms with Crippen LogP contribution in [0.2, 0.25) is 0 Å². The Morgan fingerprint density at radius 3 is 2.53 bits per heavy atom. The van der Waals surface area contributed by atoms with E-state index in [0.717, 1.165) is 35.1 Å². The number of nitrogens with zero attached hydrogens (tertiary/aromatic N) is 3. The second kappa shape index (κ2) is 9.26. The fraction of sp³-hybridized carbons (Fsp3) is 0.261. The molecular weight excluding hydrogens is 399 g/mol. The van der Waals surface area contributed by atoms with Gasteiger partial charge in [-0.3, -0.25) is 4.79 Å². The topological polar surface area (TPSA) is 58.1 Å². The number of piperidine rings is 1. The van der Waals surface area contributed by atoms with Crippen LogP contribution in [0.5, 0.6) is 0 Å². The molecule has 3 aromatic rings. The molecule has 2 aromatic carbocycles. The van der Waals surface area contributed by atoms with E-state index in [-0.39, 0.29) is 17.6 Å². The van der Waals surface area contributed by atoms with Gasteiger partial charge in [-0.25, -0.2) is 4.39 Å². The molecule has 7 heteroatoms. The smallest absolute Gasteiger partial charge is 0.229 e. The Balaban J connectivity index is 1.37. The maximum Gasteiger partial charge on any atom is 0.229 e. The molecule has 0 bridgehead atoms. The van der Waals surface area contributed by atoms with Crippen LogP contribution in [0.1, 0.15) is 18.4 Å². The number of carbonyl (C=O) groups is 1. The van der Waals surface area contributed by atoms with Gasteiger partial charge in [0.15, 0.2) is 5.82 Å². The van der Waals surface area contributed by atoms with Gasteiger partial charge >= 0.3 is 0 Å². The number of aryl methyl sites for hydroxylation is 1. The average Bonchev–Trinajstić information content (AvgIpc) is 2.77. The van der Waals surface area contributed by atoms with Crippen LogP contribution in [-0.2, 0) is 4.79 Å². The molecule has 1 fully saturated rings. The number of anilines is 2. The molecule has 1 aromatic heterocycles. The van der Waals surface area contributed by atoms with Crippen molar-refractivity contribution >= 4 is 29.2 Å². The van der Waals surface area contributed by atoms with Crippen LogP contribution in [0.3, 0.4) is 0 Å². The number of carbonyl (C=O) groups excluding carboxylic acids is 1. The highest BCUT2D eigenvalue weighted by Crippen LogP contribution is 2.28. The summed E-state index contributed by atoms with van der Waals surface area (Å²) in [5, 5.41) is 12.5. The van der Waals surface area contributed by atoms with Gasteiger partial charge in [0.1, 0.15) is 10.8 Å². The number of aromatic nitrogens is 2. The molecule has 1 N–H and O–H groups in total. The van der Waals surface area contributed by atoms with Crippen molar-refractivity contribution in [3.8, 4) is 0 Å². The van der Waals surface area contributed by atoms with Crippen molar-refractivity contribution in [2.24, 2.45) is 5.92 Å². The van der Waals surface area contributed by atoms with E-state index < -0.39 is 0 Å². The summed E-state index contributed by atoms with van der Waals surface area (Å²) in [5.41, 5.74) is 1.83. The molecule has 0 aliphatic carbocycles. The summed E-state index contributed by atoms with van der Waals surface area (Å²) in [5.74, 6) is 0.264. The maximum absolute atomic E-state index is 13.1. The van der Waals surface area contributed by atoms with Gasteiger partial charge in [-0.1, -0.05) is 29.5 Å². The highest BCUT2D eigenvalue weighted by molar-refractivity contribution is 7.99. The van der Waals surface area contributed by atoms with Crippen molar-refractivity contribution in [3.05, 3.63) is 72.0 Å². The van der Waals surface area contributed by atoms with Crippen molar-refractivity contribution in [1.82, 2.24) is 10.2 Å². The molecule has 1 saturated heterocycles. The summed E-state index contributed by atoms with van der Waals surface area (Å²) in [7, 11) is 0. The third-order valence-electron chi connectivity index (χ3n) is 5.10. The first kappa shape index (κ1) is 20.3. The Kier molecular flexibility index (Phi) is 6.28. The number of halogens is 1. The Labute approximate surface area is 179 Å². The van der Waals surface area contributed by atoms with Crippen LogP contribution in [0, 0.1) is 18.7 Å². The van der Waals surface area contributed by atoms with E-state index in [9.17, 15) is 9.18 Å². The van der Waals surface area contributed by atoms with Gasteiger partial charge < -0.3 is 10.2 Å². The van der Waals surface area contributed by atoms with E-state index in [2.05, 4.69) is 51.6 Å². The zero-order valence-corrected chi connectivity index (χ0v) is 17.5. The third kappa shape index (κ3) is 5.16. The Morgan fingerprint density at radius 2 is 1.83 bits per heavy atom. The van der Waals surface area contributed by atoms with Gasteiger partial charge in [0.2, 0.25) is 5.91 Å². The third-order valence-corrected chi connectivity index (χ3v) is 6.03. The minimum absolute atomic E-state index is 0.0502. The standard InChI is InChI=1S/C23H23FN4OS/c1-16-4-10-20(11-5-16)30-22-13-12-21(26-27-22)28-14-2-3-17(15-28)23(29)25-19-8-6-18(24)7-9-19/h4-13,17H,2-3,14-15H2,1H3,(H,25,29)/t17-/m1/s1. The lowest BCUT2D eigenvalue weighted by Crippen LogP contribution is -2.41. The second-order valence-corrected chi connectivity index (χ2v) is 8.52. The first-order valence-electron chi connectivity index (χ1n) is 9.96. The zero-order valence-electron chi connectivity index (χ0n) is 16.7. The van der Waals surface area contributed by atoms with Gasteiger partial charge in [-0.05, 0) is 68.3 Å². The van der Waals surface area contributed by atoms with Crippen molar-refractivity contribution in [2.45, 2.75) is 29.7 Å². The maximum atomic E-state index is 13.1. The summed E-state index contributed by atoms with van der Waals surface area (Å²) in [6.45, 7) is 3.50. The van der Waals surface area contributed by atoms with Crippen LogP contribution in [0.15, 0.2) is 70.6 Å². The van der Waals surface area contributed by atoms with E-state index in [1.807, 2.05) is 12.1 Å². The lowest BCUT2D eigenvalue weighted by atomic mass is 9.97. The summed E-state index contributed by atoms with van der Waals surface area (Å²) in [6, 6.07) is 18.1. The minimum atomic E-state index is -0.320. The largest absolute Gasteiger partial charge is 0.354 e. The zero-order chi connectivity index (χ0) is 20.9. The fourth-order valence-electron chi connectivity index (χ4n) is 3.44. The molecule has 4 rings (SSSR count). The molecule has 2 heterocycles. The van der Waals surface area contributed by atoms with Gasteiger partial charge in [0.25, 0.3) is 0 Å². The monoisotopic (exact) mass is 422 g/mol. The number of hydrogen-bond acceptors (Lipinski definition) is 5. The molecule has 1 atom stereocenters. The van der Waals surface area contributed by atoms with E-state index in [4.69, 9.17) is 0 Å². The van der Waals surface area contributed by atoms with Crippen molar-refractivity contribution in [1.29, 1.82) is 0 Å². The molecule has 0 radical (unpaired) electrons. The van der Waals surface area contributed by atoms with Crippen molar-refractivity contribution < 1.29 is 9.18 Å². The summed E-state index contributed by atoms with van der Waals surface area (Å²) >= 11 is 1.58. The molecule has 154 valence electrons. The molecule has 1 amide bonds. The highest BCUT2D eigenvalue weighted by Gasteiger charge is 2.26. The second-order valence-electron chi connectivity index (χ2n) is 7.43. The Bertz CT molecular complexity index is 993. The normalized spacial score (nSPS) is 16.3. The molecule has 0 saturated carbocycles. The fourth-order valence-corrected chi connectivity index (χ4v) is 4.17. The van der Waals surface area contributed by atoms with Crippen LogP contribution in [0.25, 0.3) is 0 Å². The molecule has 5 nitrogen and oxygen atoms in total. The lowest BCUT2D eigenvalue weighted by molar-refractivity contribution is -0.120. The number of amides is 1. The molecule has 30 heavy (non-hydrogen) atoms. The molecule has 0 unspecified atom stereocenters. The minimum Gasteiger partial charge on any atom is -0.354 e. The van der Waals surface area contributed by atoms with E-state index in [1.54, 1.807) is 23.9 Å². The predicted octanol–water partition coefficient (Wildman–Crippen LogP) is 4.93. The van der Waals surface area contributed by atoms with Gasteiger partial charge in [-0.15, -0.1) is 10.2 Å². The predicted molar refractivity (Wildman–Crippen MR) is 117 cm³/mol. The van der Waals surface area contributed by atoms with Crippen molar-refractivity contribution in [2.75, 3.05) is 23.3 Å². The molecule has 1 aliphatic heterocycles. The molecule has 1 aliphatic rings.